The van der Waals surface area contributed by atoms with Gasteiger partial charge in [0.15, 0.2) is 0 Å². The third-order valence-corrected chi connectivity index (χ3v) is 9.07. The standard InChI is InChI=1S/C29H30N4O5/c34-23(30-14-16-38-17-15-30)18-31-21-11-5-4-10-20(21)29(28(31)37)25-24(22-12-6-7-13-32(22)29)26(35)33(27(25)36)19-8-2-1-3-9-19/h1-5,8-11,22,24-25H,6-7,12-18H2/t22-,24+,25+,29-/m1/s1. The summed E-state index contributed by atoms with van der Waals surface area (Å²) >= 11 is 0. The van der Waals surface area contributed by atoms with E-state index in [4.69, 9.17) is 4.74 Å². The van der Waals surface area contributed by atoms with Crippen molar-refractivity contribution in [1.29, 1.82) is 0 Å². The summed E-state index contributed by atoms with van der Waals surface area (Å²) in [5, 5.41) is 0. The largest absolute Gasteiger partial charge is 0.378 e. The second-order valence-electron chi connectivity index (χ2n) is 10.8. The summed E-state index contributed by atoms with van der Waals surface area (Å²) in [6.07, 6.45) is 2.60. The molecule has 0 radical (unpaired) electrons. The van der Waals surface area contributed by atoms with Crippen LogP contribution < -0.4 is 9.80 Å². The monoisotopic (exact) mass is 514 g/mol. The molecular formula is C29H30N4O5. The Kier molecular flexibility index (Phi) is 5.42. The van der Waals surface area contributed by atoms with Crippen LogP contribution in [0.5, 0.6) is 0 Å². The van der Waals surface area contributed by atoms with Crippen LogP contribution in [-0.2, 0) is 29.5 Å². The van der Waals surface area contributed by atoms with Gasteiger partial charge in [-0.25, -0.2) is 4.90 Å². The highest BCUT2D eigenvalue weighted by Gasteiger charge is 2.75. The van der Waals surface area contributed by atoms with Gasteiger partial charge in [0.1, 0.15) is 12.1 Å². The Bertz CT molecular complexity index is 1330. The molecule has 9 heteroatoms. The summed E-state index contributed by atoms with van der Waals surface area (Å²) in [7, 11) is 0. The number of fused-ring (bicyclic) bond motifs is 7. The first-order valence-electron chi connectivity index (χ1n) is 13.5. The zero-order valence-corrected chi connectivity index (χ0v) is 21.1. The van der Waals surface area contributed by atoms with Crippen molar-refractivity contribution in [3.8, 4) is 0 Å². The predicted octanol–water partition coefficient (Wildman–Crippen LogP) is 1.76. The number of ether oxygens (including phenoxy) is 1. The van der Waals surface area contributed by atoms with Crippen LogP contribution in [0.2, 0.25) is 0 Å². The van der Waals surface area contributed by atoms with E-state index in [-0.39, 0.29) is 36.2 Å². The third-order valence-electron chi connectivity index (χ3n) is 9.07. The molecule has 0 N–H and O–H groups in total. The van der Waals surface area contributed by atoms with E-state index in [1.54, 1.807) is 21.9 Å². The molecule has 196 valence electrons. The molecule has 2 aromatic rings. The van der Waals surface area contributed by atoms with Gasteiger partial charge >= 0.3 is 0 Å². The number of hydrogen-bond acceptors (Lipinski definition) is 6. The molecule has 0 aliphatic carbocycles. The molecule has 0 bridgehead atoms. The van der Waals surface area contributed by atoms with E-state index in [0.717, 1.165) is 24.8 Å². The molecule has 4 atom stereocenters. The highest BCUT2D eigenvalue weighted by atomic mass is 16.5. The van der Waals surface area contributed by atoms with E-state index in [1.807, 2.05) is 42.5 Å². The molecule has 38 heavy (non-hydrogen) atoms. The Morgan fingerprint density at radius 1 is 0.895 bits per heavy atom. The molecule has 1 spiro atoms. The molecule has 0 saturated carbocycles. The minimum Gasteiger partial charge on any atom is -0.378 e. The van der Waals surface area contributed by atoms with Gasteiger partial charge in [0, 0.05) is 30.4 Å². The first-order chi connectivity index (χ1) is 18.5. The Balaban J connectivity index is 1.35. The SMILES string of the molecule is O=C(CN1C(=O)[C@@]2(c3ccccc31)[C@@H]1C(=O)N(c3ccccc3)C(=O)[C@H]1[C@H]1CCCCN12)N1CCOCC1. The maximum absolute atomic E-state index is 14.7. The Morgan fingerprint density at radius 3 is 2.42 bits per heavy atom. The summed E-state index contributed by atoms with van der Waals surface area (Å²) < 4.78 is 5.39. The van der Waals surface area contributed by atoms with Crippen LogP contribution in [-0.4, -0.2) is 78.9 Å². The maximum Gasteiger partial charge on any atom is 0.253 e. The number of benzene rings is 2. The molecule has 5 aliphatic heterocycles. The summed E-state index contributed by atoms with van der Waals surface area (Å²) in [6, 6.07) is 16.3. The summed E-state index contributed by atoms with van der Waals surface area (Å²) in [5.74, 6) is -2.41. The summed E-state index contributed by atoms with van der Waals surface area (Å²) in [6.45, 7) is 2.47. The van der Waals surface area contributed by atoms with Crippen molar-refractivity contribution in [2.24, 2.45) is 11.8 Å². The predicted molar refractivity (Wildman–Crippen MR) is 138 cm³/mol. The number of anilines is 2. The number of morpholine rings is 1. The van der Waals surface area contributed by atoms with Crippen molar-refractivity contribution in [2.45, 2.75) is 30.8 Å². The molecule has 4 amide bonds. The minimum atomic E-state index is -1.30. The average Bonchev–Trinajstić information content (AvgIpc) is 3.51. The zero-order chi connectivity index (χ0) is 26.0. The second kappa shape index (κ2) is 8.74. The van der Waals surface area contributed by atoms with Crippen molar-refractivity contribution < 1.29 is 23.9 Å². The van der Waals surface area contributed by atoms with Crippen LogP contribution in [0.25, 0.3) is 0 Å². The Labute approximate surface area is 220 Å². The van der Waals surface area contributed by atoms with Gasteiger partial charge in [0.05, 0.1) is 30.7 Å². The van der Waals surface area contributed by atoms with Crippen LogP contribution in [0.3, 0.4) is 0 Å². The smallest absolute Gasteiger partial charge is 0.253 e. The zero-order valence-electron chi connectivity index (χ0n) is 21.1. The van der Waals surface area contributed by atoms with Crippen LogP contribution in [0.15, 0.2) is 54.6 Å². The van der Waals surface area contributed by atoms with Gasteiger partial charge in [-0.2, -0.15) is 0 Å². The van der Waals surface area contributed by atoms with E-state index in [2.05, 4.69) is 4.90 Å². The van der Waals surface area contributed by atoms with Crippen molar-refractivity contribution in [3.05, 3.63) is 60.2 Å². The fraction of sp³-hybridized carbons (Fsp3) is 0.448. The van der Waals surface area contributed by atoms with Gasteiger partial charge in [-0.3, -0.25) is 24.1 Å². The van der Waals surface area contributed by atoms with Gasteiger partial charge in [-0.15, -0.1) is 0 Å². The van der Waals surface area contributed by atoms with Crippen molar-refractivity contribution >= 4 is 35.0 Å². The van der Waals surface area contributed by atoms with E-state index in [9.17, 15) is 19.2 Å². The van der Waals surface area contributed by atoms with Gasteiger partial charge in [-0.1, -0.05) is 42.8 Å². The van der Waals surface area contributed by atoms with E-state index in [0.29, 0.717) is 44.2 Å². The molecule has 7 rings (SSSR count). The lowest BCUT2D eigenvalue weighted by atomic mass is 9.76. The lowest BCUT2D eigenvalue weighted by Crippen LogP contribution is -2.59. The molecular weight excluding hydrogens is 484 g/mol. The number of rotatable bonds is 3. The molecule has 4 saturated heterocycles. The quantitative estimate of drug-likeness (QED) is 0.580. The lowest BCUT2D eigenvalue weighted by Gasteiger charge is -2.42. The number of imide groups is 1. The van der Waals surface area contributed by atoms with E-state index < -0.39 is 17.4 Å². The number of hydrogen-bond donors (Lipinski definition) is 0. The Morgan fingerprint density at radius 2 is 1.63 bits per heavy atom. The van der Waals surface area contributed by atoms with E-state index >= 15 is 0 Å². The van der Waals surface area contributed by atoms with Crippen LogP contribution in [0, 0.1) is 11.8 Å². The first kappa shape index (κ1) is 23.5. The van der Waals surface area contributed by atoms with Crippen LogP contribution in [0.1, 0.15) is 24.8 Å². The van der Waals surface area contributed by atoms with Gasteiger partial charge in [-0.05, 0) is 37.6 Å². The highest BCUT2D eigenvalue weighted by molar-refractivity contribution is 6.26. The number of nitrogens with zero attached hydrogens (tertiary/aromatic N) is 4. The first-order valence-corrected chi connectivity index (χ1v) is 13.5. The van der Waals surface area contributed by atoms with Crippen molar-refractivity contribution in [3.63, 3.8) is 0 Å². The van der Waals surface area contributed by atoms with Gasteiger partial charge in [0.25, 0.3) is 5.91 Å². The lowest BCUT2D eigenvalue weighted by molar-refractivity contribution is -0.140. The number of piperidine rings is 1. The molecule has 0 aromatic heterocycles. The fourth-order valence-corrected chi connectivity index (χ4v) is 7.54. The van der Waals surface area contributed by atoms with Gasteiger partial charge < -0.3 is 14.5 Å². The molecule has 5 heterocycles. The molecule has 2 aromatic carbocycles. The molecule has 9 nitrogen and oxygen atoms in total. The summed E-state index contributed by atoms with van der Waals surface area (Å²) in [5.41, 5.74) is 0.624. The number of carbonyl (C=O) groups is 4. The third kappa shape index (κ3) is 3.06. The van der Waals surface area contributed by atoms with Crippen LogP contribution >= 0.6 is 0 Å². The van der Waals surface area contributed by atoms with Gasteiger partial charge in [0.2, 0.25) is 17.7 Å². The molecule has 5 aliphatic rings. The highest BCUT2D eigenvalue weighted by Crippen LogP contribution is 2.61. The topological polar surface area (TPSA) is 90.5 Å². The fourth-order valence-electron chi connectivity index (χ4n) is 7.54. The molecule has 4 fully saturated rings. The molecule has 0 unspecified atom stereocenters. The van der Waals surface area contributed by atoms with Crippen molar-refractivity contribution in [1.82, 2.24) is 9.80 Å². The summed E-state index contributed by atoms with van der Waals surface area (Å²) in [4.78, 5) is 62.9. The number of carbonyl (C=O) groups excluding carboxylic acids is 4. The second-order valence-corrected chi connectivity index (χ2v) is 10.8. The Hall–Kier alpha value is -3.56. The number of amides is 4. The van der Waals surface area contributed by atoms with Crippen LogP contribution in [0.4, 0.5) is 11.4 Å². The number of para-hydroxylation sites is 2. The van der Waals surface area contributed by atoms with E-state index in [1.165, 1.54) is 4.90 Å². The van der Waals surface area contributed by atoms with Crippen molar-refractivity contribution in [2.75, 3.05) is 49.2 Å². The average molecular weight is 515 g/mol. The maximum atomic E-state index is 14.7. The normalized spacial score (nSPS) is 30.7. The minimum absolute atomic E-state index is 0.0992.